The van der Waals surface area contributed by atoms with E-state index in [2.05, 4.69) is 10.2 Å². The molecule has 0 unspecified atom stereocenters. The lowest BCUT2D eigenvalue weighted by Gasteiger charge is -2.18. The van der Waals surface area contributed by atoms with Gasteiger partial charge in [-0.2, -0.15) is 5.10 Å². The lowest BCUT2D eigenvalue weighted by molar-refractivity contribution is 0.171. The molecule has 4 rings (SSSR count). The standard InChI is InChI=1S/C22H18N2O2/c1-3-7-18(8-4-1)22(19-9-5-2-6-10-19)24-23-16-17-11-12-20-21(15-17)26-14-13-25-20/h1-12,15-16H,13-14H2. The summed E-state index contributed by atoms with van der Waals surface area (Å²) in [7, 11) is 0. The fourth-order valence-corrected chi connectivity index (χ4v) is 2.77. The number of nitrogens with zero attached hydrogens (tertiary/aromatic N) is 2. The second-order valence-corrected chi connectivity index (χ2v) is 5.83. The van der Waals surface area contributed by atoms with Gasteiger partial charge in [-0.3, -0.25) is 0 Å². The van der Waals surface area contributed by atoms with Crippen LogP contribution in [0.2, 0.25) is 0 Å². The Labute approximate surface area is 152 Å². The van der Waals surface area contributed by atoms with Crippen LogP contribution >= 0.6 is 0 Å². The molecule has 3 aromatic carbocycles. The van der Waals surface area contributed by atoms with Crippen LogP contribution in [-0.2, 0) is 0 Å². The Morgan fingerprint density at radius 1 is 0.731 bits per heavy atom. The molecule has 0 saturated heterocycles. The van der Waals surface area contributed by atoms with Gasteiger partial charge in [-0.15, -0.1) is 5.10 Å². The molecule has 4 heteroatoms. The lowest BCUT2D eigenvalue weighted by atomic mass is 10.0. The number of hydrogen-bond acceptors (Lipinski definition) is 4. The molecular weight excluding hydrogens is 324 g/mol. The van der Waals surface area contributed by atoms with Gasteiger partial charge in [0.25, 0.3) is 0 Å². The number of benzene rings is 3. The summed E-state index contributed by atoms with van der Waals surface area (Å²) in [5, 5.41) is 8.80. The van der Waals surface area contributed by atoms with E-state index in [-0.39, 0.29) is 0 Å². The molecule has 0 aromatic heterocycles. The monoisotopic (exact) mass is 342 g/mol. The first-order chi connectivity index (χ1) is 12.9. The van der Waals surface area contributed by atoms with Gasteiger partial charge in [0, 0.05) is 11.1 Å². The van der Waals surface area contributed by atoms with Crippen molar-refractivity contribution < 1.29 is 9.47 Å². The molecule has 0 amide bonds. The summed E-state index contributed by atoms with van der Waals surface area (Å²) in [4.78, 5) is 0. The Morgan fingerprint density at radius 3 is 2.00 bits per heavy atom. The van der Waals surface area contributed by atoms with Crippen molar-refractivity contribution in [1.82, 2.24) is 0 Å². The summed E-state index contributed by atoms with van der Waals surface area (Å²) in [6.45, 7) is 1.15. The second kappa shape index (κ2) is 7.66. The first-order valence-electron chi connectivity index (χ1n) is 8.52. The van der Waals surface area contributed by atoms with Crippen LogP contribution in [0.1, 0.15) is 16.7 Å². The molecule has 4 nitrogen and oxygen atoms in total. The van der Waals surface area contributed by atoms with Crippen LogP contribution in [0, 0.1) is 0 Å². The van der Waals surface area contributed by atoms with E-state index < -0.39 is 0 Å². The van der Waals surface area contributed by atoms with E-state index in [9.17, 15) is 0 Å². The average Bonchev–Trinajstić information content (AvgIpc) is 2.72. The lowest BCUT2D eigenvalue weighted by Crippen LogP contribution is -2.15. The third-order valence-corrected chi connectivity index (χ3v) is 4.03. The molecule has 0 bridgehead atoms. The average molecular weight is 342 g/mol. The van der Waals surface area contributed by atoms with E-state index in [4.69, 9.17) is 9.47 Å². The van der Waals surface area contributed by atoms with Gasteiger partial charge < -0.3 is 9.47 Å². The zero-order chi connectivity index (χ0) is 17.6. The molecule has 0 N–H and O–H groups in total. The van der Waals surface area contributed by atoms with E-state index in [1.165, 1.54) is 0 Å². The molecule has 0 radical (unpaired) electrons. The minimum Gasteiger partial charge on any atom is -0.486 e. The van der Waals surface area contributed by atoms with Crippen molar-refractivity contribution in [3.05, 3.63) is 95.6 Å². The van der Waals surface area contributed by atoms with Crippen LogP contribution < -0.4 is 9.47 Å². The van der Waals surface area contributed by atoms with Crippen LogP contribution in [-0.4, -0.2) is 25.1 Å². The molecular formula is C22H18N2O2. The molecule has 0 fully saturated rings. The first-order valence-corrected chi connectivity index (χ1v) is 8.52. The Morgan fingerprint density at radius 2 is 1.35 bits per heavy atom. The number of fused-ring (bicyclic) bond motifs is 1. The largest absolute Gasteiger partial charge is 0.486 e. The highest BCUT2D eigenvalue weighted by molar-refractivity contribution is 6.12. The Bertz CT molecular complexity index is 893. The summed E-state index contributed by atoms with van der Waals surface area (Å²) in [5.41, 5.74) is 3.80. The molecule has 0 atom stereocenters. The maximum Gasteiger partial charge on any atom is 0.162 e. The van der Waals surface area contributed by atoms with Gasteiger partial charge in [0.15, 0.2) is 11.5 Å². The smallest absolute Gasteiger partial charge is 0.162 e. The van der Waals surface area contributed by atoms with Gasteiger partial charge in [-0.1, -0.05) is 60.7 Å². The van der Waals surface area contributed by atoms with Crippen molar-refractivity contribution in [1.29, 1.82) is 0 Å². The molecule has 26 heavy (non-hydrogen) atoms. The van der Waals surface area contributed by atoms with Crippen LogP contribution in [0.5, 0.6) is 11.5 Å². The normalized spacial score (nSPS) is 12.8. The van der Waals surface area contributed by atoms with E-state index in [1.807, 2.05) is 78.9 Å². The van der Waals surface area contributed by atoms with E-state index in [0.717, 1.165) is 33.9 Å². The maximum absolute atomic E-state index is 5.61. The van der Waals surface area contributed by atoms with Crippen LogP contribution in [0.4, 0.5) is 0 Å². The summed E-state index contributed by atoms with van der Waals surface area (Å²) in [6, 6.07) is 25.9. The Hall–Kier alpha value is -3.40. The molecule has 1 heterocycles. The maximum atomic E-state index is 5.61. The highest BCUT2D eigenvalue weighted by Crippen LogP contribution is 2.30. The van der Waals surface area contributed by atoms with Crippen LogP contribution in [0.15, 0.2) is 89.1 Å². The minimum atomic E-state index is 0.567. The molecule has 0 saturated carbocycles. The zero-order valence-corrected chi connectivity index (χ0v) is 14.2. The number of ether oxygens (including phenoxy) is 2. The van der Waals surface area contributed by atoms with Gasteiger partial charge in [0.1, 0.15) is 18.9 Å². The summed E-state index contributed by atoms with van der Waals surface area (Å²) < 4.78 is 11.1. The predicted molar refractivity (Wildman–Crippen MR) is 104 cm³/mol. The second-order valence-electron chi connectivity index (χ2n) is 5.83. The van der Waals surface area contributed by atoms with Gasteiger partial charge in [0.05, 0.1) is 6.21 Å². The van der Waals surface area contributed by atoms with Crippen molar-refractivity contribution in [2.75, 3.05) is 13.2 Å². The third kappa shape index (κ3) is 3.64. The number of hydrogen-bond donors (Lipinski definition) is 0. The fraction of sp³-hybridized carbons (Fsp3) is 0.0909. The van der Waals surface area contributed by atoms with Gasteiger partial charge in [-0.05, 0) is 23.8 Å². The Balaban J connectivity index is 1.64. The topological polar surface area (TPSA) is 43.2 Å². The molecule has 0 aliphatic carbocycles. The SMILES string of the molecule is C(=NN=C(c1ccccc1)c1ccccc1)c1ccc2c(c1)OCCO2. The van der Waals surface area contributed by atoms with E-state index in [0.29, 0.717) is 13.2 Å². The summed E-state index contributed by atoms with van der Waals surface area (Å²) in [6.07, 6.45) is 1.73. The molecule has 128 valence electrons. The molecule has 3 aromatic rings. The quantitative estimate of drug-likeness (QED) is 0.523. The minimum absolute atomic E-state index is 0.567. The summed E-state index contributed by atoms with van der Waals surface area (Å²) in [5.74, 6) is 1.52. The van der Waals surface area contributed by atoms with Crippen molar-refractivity contribution >= 4 is 11.9 Å². The van der Waals surface area contributed by atoms with Gasteiger partial charge in [-0.25, -0.2) is 0 Å². The zero-order valence-electron chi connectivity index (χ0n) is 14.2. The van der Waals surface area contributed by atoms with E-state index >= 15 is 0 Å². The predicted octanol–water partition coefficient (Wildman–Crippen LogP) is 4.33. The fourth-order valence-electron chi connectivity index (χ4n) is 2.77. The number of rotatable bonds is 4. The summed E-state index contributed by atoms with van der Waals surface area (Å²) >= 11 is 0. The van der Waals surface area contributed by atoms with Crippen molar-refractivity contribution in [2.45, 2.75) is 0 Å². The van der Waals surface area contributed by atoms with E-state index in [1.54, 1.807) is 6.21 Å². The van der Waals surface area contributed by atoms with Crippen LogP contribution in [0.25, 0.3) is 0 Å². The van der Waals surface area contributed by atoms with Crippen molar-refractivity contribution in [3.8, 4) is 11.5 Å². The third-order valence-electron chi connectivity index (χ3n) is 4.03. The highest BCUT2D eigenvalue weighted by Gasteiger charge is 2.11. The molecule has 1 aliphatic rings. The Kier molecular flexibility index (Phi) is 4.74. The van der Waals surface area contributed by atoms with Crippen LogP contribution in [0.3, 0.4) is 0 Å². The van der Waals surface area contributed by atoms with Gasteiger partial charge >= 0.3 is 0 Å². The van der Waals surface area contributed by atoms with Gasteiger partial charge in [0.2, 0.25) is 0 Å². The molecule has 0 spiro atoms. The highest BCUT2D eigenvalue weighted by atomic mass is 16.6. The van der Waals surface area contributed by atoms with Crippen molar-refractivity contribution in [3.63, 3.8) is 0 Å². The molecule has 1 aliphatic heterocycles. The van der Waals surface area contributed by atoms with Crippen molar-refractivity contribution in [2.24, 2.45) is 10.2 Å². The first kappa shape index (κ1) is 16.1.